The molecule has 1 unspecified atom stereocenters. The second kappa shape index (κ2) is 6.96. The van der Waals surface area contributed by atoms with Crippen LogP contribution in [0, 0.1) is 11.8 Å². The first-order chi connectivity index (χ1) is 8.90. The fourth-order valence-corrected chi connectivity index (χ4v) is 2.17. The van der Waals surface area contributed by atoms with Crippen molar-refractivity contribution in [3.63, 3.8) is 0 Å². The van der Waals surface area contributed by atoms with Crippen molar-refractivity contribution >= 4 is 17.9 Å². The first-order valence-electron chi connectivity index (χ1n) is 6.46. The third-order valence-corrected chi connectivity index (χ3v) is 3.52. The van der Waals surface area contributed by atoms with E-state index < -0.39 is 23.9 Å². The molecule has 0 spiro atoms. The van der Waals surface area contributed by atoms with E-state index >= 15 is 0 Å². The van der Waals surface area contributed by atoms with Gasteiger partial charge in [-0.1, -0.05) is 0 Å². The van der Waals surface area contributed by atoms with Crippen molar-refractivity contribution < 1.29 is 19.5 Å². The minimum Gasteiger partial charge on any atom is -0.481 e. The number of rotatable bonds is 5. The van der Waals surface area contributed by atoms with Gasteiger partial charge >= 0.3 is 12.0 Å². The molecular weight excluding hydrogens is 250 g/mol. The fraction of sp³-hybridized carbons (Fsp3) is 0.750. The minimum atomic E-state index is -0.737. The summed E-state index contributed by atoms with van der Waals surface area (Å²) in [6.45, 7) is 2.00. The summed E-state index contributed by atoms with van der Waals surface area (Å²) < 4.78 is 0. The Morgan fingerprint density at radius 3 is 2.32 bits per heavy atom. The summed E-state index contributed by atoms with van der Waals surface area (Å²) in [6, 6.07) is -1.13. The van der Waals surface area contributed by atoms with E-state index in [1.165, 1.54) is 6.92 Å². The van der Waals surface area contributed by atoms with Crippen molar-refractivity contribution in [1.82, 2.24) is 10.6 Å². The van der Waals surface area contributed by atoms with E-state index in [9.17, 15) is 14.4 Å². The molecule has 3 amide bonds. The van der Waals surface area contributed by atoms with Crippen molar-refractivity contribution in [2.75, 3.05) is 6.54 Å². The highest BCUT2D eigenvalue weighted by atomic mass is 16.4. The molecule has 0 aliphatic heterocycles. The molecule has 108 valence electrons. The average molecular weight is 271 g/mol. The van der Waals surface area contributed by atoms with E-state index in [0.29, 0.717) is 25.3 Å². The van der Waals surface area contributed by atoms with Crippen LogP contribution in [0.5, 0.6) is 0 Å². The molecule has 5 N–H and O–H groups in total. The van der Waals surface area contributed by atoms with Gasteiger partial charge in [0, 0.05) is 6.54 Å². The lowest BCUT2D eigenvalue weighted by Crippen LogP contribution is -2.47. The lowest BCUT2D eigenvalue weighted by Gasteiger charge is -2.26. The number of urea groups is 1. The van der Waals surface area contributed by atoms with Crippen LogP contribution in [-0.4, -0.2) is 35.6 Å². The molecular formula is C12H21N3O4. The van der Waals surface area contributed by atoms with Crippen LogP contribution in [0.4, 0.5) is 4.79 Å². The number of carbonyl (C=O) groups excluding carboxylic acids is 2. The molecule has 7 nitrogen and oxygen atoms in total. The summed E-state index contributed by atoms with van der Waals surface area (Å²) in [4.78, 5) is 33.0. The lowest BCUT2D eigenvalue weighted by molar-refractivity contribution is -0.143. The van der Waals surface area contributed by atoms with Crippen molar-refractivity contribution in [2.45, 2.75) is 38.6 Å². The van der Waals surface area contributed by atoms with Gasteiger partial charge in [0.25, 0.3) is 0 Å². The largest absolute Gasteiger partial charge is 0.481 e. The van der Waals surface area contributed by atoms with Gasteiger partial charge in [0.1, 0.15) is 6.04 Å². The van der Waals surface area contributed by atoms with Crippen molar-refractivity contribution in [3.8, 4) is 0 Å². The van der Waals surface area contributed by atoms with Crippen LogP contribution in [0.2, 0.25) is 0 Å². The van der Waals surface area contributed by atoms with Crippen molar-refractivity contribution in [3.05, 3.63) is 0 Å². The number of amides is 3. The monoisotopic (exact) mass is 271 g/mol. The molecule has 7 heteroatoms. The molecule has 1 aliphatic rings. The van der Waals surface area contributed by atoms with Crippen molar-refractivity contribution in [1.29, 1.82) is 0 Å². The van der Waals surface area contributed by atoms with Crippen LogP contribution >= 0.6 is 0 Å². The van der Waals surface area contributed by atoms with Crippen LogP contribution in [-0.2, 0) is 9.59 Å². The standard InChI is InChI=1S/C12H21N3O4/c1-7(10(13)16)15-12(19)14-6-8-2-4-9(5-3-8)11(17)18/h7-9H,2-6H2,1H3,(H2,13,16)(H,17,18)(H2,14,15,19). The third kappa shape index (κ3) is 5.15. The summed E-state index contributed by atoms with van der Waals surface area (Å²) in [5.41, 5.74) is 5.03. The Hall–Kier alpha value is -1.79. The maximum atomic E-state index is 11.4. The topological polar surface area (TPSA) is 122 Å². The lowest BCUT2D eigenvalue weighted by atomic mass is 9.82. The summed E-state index contributed by atoms with van der Waals surface area (Å²) in [5, 5.41) is 14.0. The molecule has 1 saturated carbocycles. The van der Waals surface area contributed by atoms with Crippen LogP contribution in [0.15, 0.2) is 0 Å². The Bertz CT molecular complexity index is 351. The minimum absolute atomic E-state index is 0.250. The van der Waals surface area contributed by atoms with E-state index in [-0.39, 0.29) is 5.92 Å². The number of nitrogens with two attached hydrogens (primary N) is 1. The zero-order valence-electron chi connectivity index (χ0n) is 11.0. The smallest absolute Gasteiger partial charge is 0.315 e. The second-order valence-electron chi connectivity index (χ2n) is 5.03. The van der Waals surface area contributed by atoms with Crippen LogP contribution < -0.4 is 16.4 Å². The van der Waals surface area contributed by atoms with Crippen LogP contribution in [0.1, 0.15) is 32.6 Å². The quantitative estimate of drug-likeness (QED) is 0.564. The second-order valence-corrected chi connectivity index (χ2v) is 5.03. The number of carboxylic acids is 1. The van der Waals surface area contributed by atoms with Crippen LogP contribution in [0.3, 0.4) is 0 Å². The summed E-state index contributed by atoms with van der Waals surface area (Å²) in [7, 11) is 0. The molecule has 1 rings (SSSR count). The molecule has 0 aromatic carbocycles. The molecule has 0 heterocycles. The number of hydrogen-bond donors (Lipinski definition) is 4. The highest BCUT2D eigenvalue weighted by Crippen LogP contribution is 2.28. The van der Waals surface area contributed by atoms with Gasteiger partial charge in [-0.25, -0.2) is 4.79 Å². The molecule has 1 aliphatic carbocycles. The zero-order valence-corrected chi connectivity index (χ0v) is 11.0. The average Bonchev–Trinajstić information content (AvgIpc) is 2.36. The van der Waals surface area contributed by atoms with Gasteiger partial charge in [-0.2, -0.15) is 0 Å². The molecule has 1 atom stereocenters. The molecule has 19 heavy (non-hydrogen) atoms. The number of primary amides is 1. The number of nitrogens with one attached hydrogen (secondary N) is 2. The summed E-state index contributed by atoms with van der Waals surface area (Å²) >= 11 is 0. The third-order valence-electron chi connectivity index (χ3n) is 3.52. The molecule has 0 saturated heterocycles. The number of carboxylic acid groups (broad SMARTS) is 1. The Morgan fingerprint density at radius 1 is 1.26 bits per heavy atom. The SMILES string of the molecule is CC(NC(=O)NCC1CCC(C(=O)O)CC1)C(N)=O. The first-order valence-corrected chi connectivity index (χ1v) is 6.46. The maximum absolute atomic E-state index is 11.4. The molecule has 1 fully saturated rings. The predicted molar refractivity (Wildman–Crippen MR) is 68.3 cm³/mol. The van der Waals surface area contributed by atoms with Gasteiger partial charge in [-0.05, 0) is 38.5 Å². The number of carbonyl (C=O) groups is 3. The number of hydrogen-bond acceptors (Lipinski definition) is 3. The van der Waals surface area contributed by atoms with Crippen LogP contribution in [0.25, 0.3) is 0 Å². The Morgan fingerprint density at radius 2 is 1.84 bits per heavy atom. The molecule has 0 aromatic heterocycles. The van der Waals surface area contributed by atoms with Gasteiger partial charge in [0.05, 0.1) is 5.92 Å². The van der Waals surface area contributed by atoms with Gasteiger partial charge in [-0.15, -0.1) is 0 Å². The highest BCUT2D eigenvalue weighted by molar-refractivity contribution is 5.85. The van der Waals surface area contributed by atoms with Crippen molar-refractivity contribution in [2.24, 2.45) is 17.6 Å². The van der Waals surface area contributed by atoms with E-state index in [4.69, 9.17) is 10.8 Å². The van der Waals surface area contributed by atoms with Gasteiger partial charge in [0.15, 0.2) is 0 Å². The Balaban J connectivity index is 2.22. The summed E-state index contributed by atoms with van der Waals surface area (Å²) in [5.74, 6) is -1.28. The zero-order chi connectivity index (χ0) is 14.4. The maximum Gasteiger partial charge on any atom is 0.315 e. The molecule has 0 radical (unpaired) electrons. The van der Waals surface area contributed by atoms with E-state index in [2.05, 4.69) is 10.6 Å². The fourth-order valence-electron chi connectivity index (χ4n) is 2.17. The first kappa shape index (κ1) is 15.3. The molecule has 0 bridgehead atoms. The van der Waals surface area contributed by atoms with E-state index in [1.54, 1.807) is 0 Å². The Kier molecular flexibility index (Phi) is 5.59. The summed E-state index contributed by atoms with van der Waals surface area (Å²) in [6.07, 6.45) is 2.90. The molecule has 0 aromatic rings. The normalized spacial score (nSPS) is 24.3. The van der Waals surface area contributed by atoms with Gasteiger partial charge < -0.3 is 21.5 Å². The highest BCUT2D eigenvalue weighted by Gasteiger charge is 2.26. The predicted octanol–water partition coefficient (Wildman–Crippen LogP) is 0.0504. The Labute approximate surface area is 111 Å². The van der Waals surface area contributed by atoms with E-state index in [0.717, 1.165) is 12.8 Å². The van der Waals surface area contributed by atoms with E-state index in [1.807, 2.05) is 0 Å². The van der Waals surface area contributed by atoms with Gasteiger partial charge in [0.2, 0.25) is 5.91 Å². The number of aliphatic carboxylic acids is 1. The van der Waals surface area contributed by atoms with Gasteiger partial charge in [-0.3, -0.25) is 9.59 Å².